The Morgan fingerprint density at radius 3 is 1.37 bits per heavy atom. The van der Waals surface area contributed by atoms with Gasteiger partial charge in [0.2, 0.25) is 10.4 Å². The van der Waals surface area contributed by atoms with E-state index in [0.29, 0.717) is 19.6 Å². The van der Waals surface area contributed by atoms with Crippen LogP contribution in [-0.4, -0.2) is 69.4 Å². The minimum atomic E-state index is -4.48. The van der Waals surface area contributed by atoms with Gasteiger partial charge in [0.15, 0.2) is 0 Å². The van der Waals surface area contributed by atoms with Crippen molar-refractivity contribution in [3.05, 3.63) is 0 Å². The Bertz CT molecular complexity index is 364. The van der Waals surface area contributed by atoms with E-state index in [-0.39, 0.29) is 49.4 Å². The summed E-state index contributed by atoms with van der Waals surface area (Å²) in [4.78, 5) is 0. The molecule has 0 bridgehead atoms. The predicted molar refractivity (Wildman–Crippen MR) is 115 cm³/mol. The van der Waals surface area contributed by atoms with Crippen LogP contribution < -0.4 is 29.6 Å². The van der Waals surface area contributed by atoms with Crippen molar-refractivity contribution in [1.29, 1.82) is 0 Å². The summed E-state index contributed by atoms with van der Waals surface area (Å²) in [5, 5.41) is 16.2. The fourth-order valence-electron chi connectivity index (χ4n) is 2.19. The number of aliphatic hydroxyl groups is 2. The fourth-order valence-corrected chi connectivity index (χ4v) is 2.51. The Hall–Kier alpha value is 0.710. The normalized spacial score (nSPS) is 10.3. The van der Waals surface area contributed by atoms with Crippen LogP contribution in [0, 0.1) is 0 Å². The molecule has 0 saturated heterocycles. The second-order valence-electron chi connectivity index (χ2n) is 6.25. The van der Waals surface area contributed by atoms with Crippen LogP contribution >= 0.6 is 0 Å². The van der Waals surface area contributed by atoms with Crippen LogP contribution in [0.15, 0.2) is 0 Å². The summed E-state index contributed by atoms with van der Waals surface area (Å²) in [6, 6.07) is 0. The van der Waals surface area contributed by atoms with Crippen LogP contribution in [0.3, 0.4) is 0 Å². The van der Waals surface area contributed by atoms with Gasteiger partial charge in [0.05, 0.1) is 33.0 Å². The molecule has 2 N–H and O–H groups in total. The minimum Gasteiger partial charge on any atom is -0.726 e. The van der Waals surface area contributed by atoms with Crippen LogP contribution in [-0.2, 0) is 24.1 Å². The van der Waals surface area contributed by atoms with E-state index in [1.807, 2.05) is 13.8 Å². The number of ether oxygens (including phenoxy) is 2. The van der Waals surface area contributed by atoms with E-state index >= 15 is 0 Å². The summed E-state index contributed by atoms with van der Waals surface area (Å²) in [5.41, 5.74) is 0. The average Bonchev–Trinajstić information content (AvgIpc) is 2.67. The van der Waals surface area contributed by atoms with Gasteiger partial charge in [0.25, 0.3) is 0 Å². The molecule has 0 fully saturated rings. The molecular formula is C20H45NaO8S. The molecule has 0 amide bonds. The molecule has 0 saturated carbocycles. The van der Waals surface area contributed by atoms with Crippen molar-refractivity contribution >= 4 is 10.4 Å². The summed E-state index contributed by atoms with van der Waals surface area (Å²) >= 11 is 0. The maximum Gasteiger partial charge on any atom is 1.00 e. The first-order valence-electron chi connectivity index (χ1n) is 10.9. The van der Waals surface area contributed by atoms with Gasteiger partial charge in [-0.2, -0.15) is 0 Å². The SMILES string of the molecule is CCCCCCCCCCCCOS(=O)(=O)[O-].CCOCC.OCCOCCO.[Na+]. The largest absolute Gasteiger partial charge is 1.00 e. The van der Waals surface area contributed by atoms with Gasteiger partial charge in [-0.15, -0.1) is 0 Å². The van der Waals surface area contributed by atoms with Gasteiger partial charge in [-0.3, -0.25) is 4.18 Å². The Balaban J connectivity index is -0.000000215. The zero-order valence-corrected chi connectivity index (χ0v) is 22.6. The van der Waals surface area contributed by atoms with Crippen molar-refractivity contribution in [1.82, 2.24) is 0 Å². The molecule has 0 aromatic carbocycles. The van der Waals surface area contributed by atoms with Gasteiger partial charge in [-0.1, -0.05) is 64.7 Å². The molecule has 0 heterocycles. The van der Waals surface area contributed by atoms with Crippen molar-refractivity contribution in [2.75, 3.05) is 46.2 Å². The molecule has 0 aliphatic heterocycles. The van der Waals surface area contributed by atoms with Crippen LogP contribution in [0.2, 0.25) is 0 Å². The van der Waals surface area contributed by atoms with Crippen molar-refractivity contribution in [2.24, 2.45) is 0 Å². The van der Waals surface area contributed by atoms with E-state index in [1.165, 1.54) is 44.9 Å². The Morgan fingerprint density at radius 2 is 1.07 bits per heavy atom. The molecule has 8 nitrogen and oxygen atoms in total. The summed E-state index contributed by atoms with van der Waals surface area (Å²) in [6.45, 7) is 8.60. The van der Waals surface area contributed by atoms with E-state index in [1.54, 1.807) is 0 Å². The van der Waals surface area contributed by atoms with Gasteiger partial charge in [0.1, 0.15) is 0 Å². The average molecular weight is 469 g/mol. The monoisotopic (exact) mass is 468 g/mol. The van der Waals surface area contributed by atoms with Crippen LogP contribution in [0.4, 0.5) is 0 Å². The van der Waals surface area contributed by atoms with Crippen molar-refractivity contribution in [3.8, 4) is 0 Å². The van der Waals surface area contributed by atoms with E-state index < -0.39 is 10.4 Å². The third kappa shape index (κ3) is 51.4. The molecule has 0 aliphatic carbocycles. The van der Waals surface area contributed by atoms with Crippen molar-refractivity contribution in [3.63, 3.8) is 0 Å². The van der Waals surface area contributed by atoms with Crippen molar-refractivity contribution < 1.29 is 66.4 Å². The number of unbranched alkanes of at least 4 members (excludes halogenated alkanes) is 9. The quantitative estimate of drug-likeness (QED) is 0.128. The number of hydrogen-bond acceptors (Lipinski definition) is 8. The molecule has 180 valence electrons. The van der Waals surface area contributed by atoms with Crippen LogP contribution in [0.5, 0.6) is 0 Å². The first-order chi connectivity index (χ1) is 13.9. The van der Waals surface area contributed by atoms with Gasteiger partial charge in [-0.05, 0) is 20.3 Å². The third-order valence-corrected chi connectivity index (χ3v) is 4.06. The maximum absolute atomic E-state index is 10.1. The molecule has 0 aliphatic rings. The molecule has 0 aromatic rings. The number of hydrogen-bond donors (Lipinski definition) is 2. The Kier molecular flexibility index (Phi) is 43.5. The molecule has 0 rings (SSSR count). The van der Waals surface area contributed by atoms with Gasteiger partial charge in [-0.25, -0.2) is 8.42 Å². The Labute approximate surface area is 207 Å². The smallest absolute Gasteiger partial charge is 0.726 e. The van der Waals surface area contributed by atoms with Crippen LogP contribution in [0.1, 0.15) is 85.0 Å². The number of aliphatic hydroxyl groups excluding tert-OH is 2. The van der Waals surface area contributed by atoms with Gasteiger partial charge < -0.3 is 24.2 Å². The van der Waals surface area contributed by atoms with Crippen LogP contribution in [0.25, 0.3) is 0 Å². The molecular weight excluding hydrogens is 423 g/mol. The third-order valence-electron chi connectivity index (χ3n) is 3.61. The maximum atomic E-state index is 10.1. The zero-order chi connectivity index (χ0) is 22.6. The fraction of sp³-hybridized carbons (Fsp3) is 1.00. The van der Waals surface area contributed by atoms with Crippen molar-refractivity contribution in [2.45, 2.75) is 85.0 Å². The molecule has 0 atom stereocenters. The first kappa shape index (κ1) is 38.0. The van der Waals surface area contributed by atoms with E-state index in [4.69, 9.17) is 14.9 Å². The molecule has 0 unspecified atom stereocenters. The summed E-state index contributed by atoms with van der Waals surface area (Å²) in [6.07, 6.45) is 11.7. The summed E-state index contributed by atoms with van der Waals surface area (Å²) in [5.74, 6) is 0. The molecule has 30 heavy (non-hydrogen) atoms. The Morgan fingerprint density at radius 1 is 0.667 bits per heavy atom. The summed E-state index contributed by atoms with van der Waals surface area (Å²) in [7, 11) is -4.48. The standard InChI is InChI=1S/C12H26O4S.C4H10O3.C4H10O.Na/c1-2-3-4-5-6-7-8-9-10-11-12-16-17(13,14)15;5-1-3-7-4-2-6;1-3-5-4-2;/h2-12H2,1H3,(H,13,14,15);5-6H,1-4H2;3-4H2,1-2H3;/q;;;+1/p-1. The minimum absolute atomic E-state index is 0. The van der Waals surface area contributed by atoms with E-state index in [0.717, 1.165) is 26.1 Å². The topological polar surface area (TPSA) is 125 Å². The number of rotatable bonds is 18. The first-order valence-corrected chi connectivity index (χ1v) is 12.2. The molecule has 0 spiro atoms. The molecule has 10 heteroatoms. The molecule has 0 radical (unpaired) electrons. The zero-order valence-electron chi connectivity index (χ0n) is 19.8. The molecule has 0 aromatic heterocycles. The van der Waals surface area contributed by atoms with E-state index in [2.05, 4.69) is 15.8 Å². The van der Waals surface area contributed by atoms with Gasteiger partial charge >= 0.3 is 29.6 Å². The second-order valence-corrected chi connectivity index (χ2v) is 7.31. The van der Waals surface area contributed by atoms with Gasteiger partial charge in [0, 0.05) is 13.2 Å². The summed E-state index contributed by atoms with van der Waals surface area (Å²) < 4.78 is 43.9. The van der Waals surface area contributed by atoms with E-state index in [9.17, 15) is 13.0 Å². The predicted octanol–water partition coefficient (Wildman–Crippen LogP) is 0.419. The second kappa shape index (κ2) is 34.3.